The molecule has 3 N–H and O–H groups in total. The van der Waals surface area contributed by atoms with E-state index in [1.165, 1.54) is 0 Å². The fourth-order valence-corrected chi connectivity index (χ4v) is 2.87. The van der Waals surface area contributed by atoms with Crippen LogP contribution in [0.2, 0.25) is 0 Å². The Morgan fingerprint density at radius 1 is 0.800 bits per heavy atom. The van der Waals surface area contributed by atoms with Gasteiger partial charge in [-0.2, -0.15) is 0 Å². The van der Waals surface area contributed by atoms with Crippen LogP contribution in [0.4, 0.5) is 0 Å². The second kappa shape index (κ2) is 23.9. The largest absolute Gasteiger partial charge is 0.679 e. The van der Waals surface area contributed by atoms with Crippen molar-refractivity contribution in [2.45, 2.75) is 34.6 Å². The van der Waals surface area contributed by atoms with Gasteiger partial charge in [-0.1, -0.05) is 0 Å². The average Bonchev–Trinajstić information content (AvgIpc) is 2.32. The molecular weight excluding hydrogens is 304 g/mol. The summed E-state index contributed by atoms with van der Waals surface area (Å²) in [6, 6.07) is 0. The molecule has 0 aliphatic rings. The van der Waals surface area contributed by atoms with E-state index in [1.54, 1.807) is 6.92 Å². The SMILES string of the molecule is CCO.CCO[Si](OCC)(OCC)OCC.O.O=[Si]=O. The highest BCUT2D eigenvalue weighted by atomic mass is 28.4. The van der Waals surface area contributed by atoms with Gasteiger partial charge in [0.25, 0.3) is 0 Å². The standard InChI is InChI=1S/C8H20O4Si.C2H6O.O2Si.H2O/c1-5-9-13(10-6-2,11-7-3)12-8-4;1-2-3;1-3-2;/h5-8H2,1-4H3;3H,2H2,1H3;;1H2. The molecule has 0 aliphatic carbocycles. The molecule has 10 heteroatoms. The number of rotatable bonds is 8. The lowest BCUT2D eigenvalue weighted by Crippen LogP contribution is -2.49. The zero-order valence-electron chi connectivity index (χ0n) is 12.9. The van der Waals surface area contributed by atoms with E-state index in [4.69, 9.17) is 31.7 Å². The minimum absolute atomic E-state index is 0. The quantitative estimate of drug-likeness (QED) is 0.626. The second-order valence-corrected chi connectivity index (χ2v) is 4.95. The van der Waals surface area contributed by atoms with Crippen molar-refractivity contribution in [3.63, 3.8) is 0 Å². The van der Waals surface area contributed by atoms with Gasteiger partial charge in [0.15, 0.2) is 0 Å². The van der Waals surface area contributed by atoms with Crippen molar-refractivity contribution in [2.24, 2.45) is 0 Å². The molecule has 20 heavy (non-hydrogen) atoms. The van der Waals surface area contributed by atoms with Crippen molar-refractivity contribution < 1.29 is 37.2 Å². The molecule has 0 atom stereocenters. The third kappa shape index (κ3) is 20.1. The lowest BCUT2D eigenvalue weighted by Gasteiger charge is -2.26. The molecule has 0 spiro atoms. The van der Waals surface area contributed by atoms with E-state index in [9.17, 15) is 0 Å². The maximum absolute atomic E-state index is 8.40. The number of aliphatic hydroxyl groups is 1. The zero-order chi connectivity index (χ0) is 15.6. The normalized spacial score (nSPS) is 9.10. The summed E-state index contributed by atoms with van der Waals surface area (Å²) < 4.78 is 38.5. The maximum atomic E-state index is 8.40. The molecule has 0 radical (unpaired) electrons. The molecule has 0 aliphatic heterocycles. The van der Waals surface area contributed by atoms with Crippen LogP contribution in [0.15, 0.2) is 0 Å². The van der Waals surface area contributed by atoms with Crippen molar-refractivity contribution in [1.29, 1.82) is 0 Å². The van der Waals surface area contributed by atoms with Crippen LogP contribution in [0, 0.1) is 0 Å². The minimum atomic E-state index is -2.80. The van der Waals surface area contributed by atoms with Gasteiger partial charge < -0.3 is 28.3 Å². The highest BCUT2D eigenvalue weighted by molar-refractivity contribution is 6.53. The second-order valence-electron chi connectivity index (χ2n) is 2.63. The molecule has 0 amide bonds. The number of aliphatic hydroxyl groups excluding tert-OH is 1. The van der Waals surface area contributed by atoms with Gasteiger partial charge in [-0.3, -0.25) is 8.92 Å². The molecule has 0 bridgehead atoms. The summed E-state index contributed by atoms with van der Waals surface area (Å²) in [5.41, 5.74) is 0. The molecule has 0 aromatic heterocycles. The zero-order valence-corrected chi connectivity index (χ0v) is 14.9. The fraction of sp³-hybridized carbons (Fsp3) is 1.00. The minimum Gasteiger partial charge on any atom is -0.412 e. The smallest absolute Gasteiger partial charge is 0.412 e. The van der Waals surface area contributed by atoms with Crippen LogP contribution < -0.4 is 0 Å². The Balaban J connectivity index is -0.000000156. The van der Waals surface area contributed by atoms with Crippen molar-refractivity contribution in [1.82, 2.24) is 0 Å². The molecule has 0 aromatic carbocycles. The topological polar surface area (TPSA) is 123 Å². The van der Waals surface area contributed by atoms with E-state index in [0.717, 1.165) is 0 Å². The Morgan fingerprint density at radius 3 is 1.05 bits per heavy atom. The van der Waals surface area contributed by atoms with Gasteiger partial charge in [0.05, 0.1) is 0 Å². The summed E-state index contributed by atoms with van der Waals surface area (Å²) >= 11 is 0. The highest BCUT2D eigenvalue weighted by Gasteiger charge is 2.44. The van der Waals surface area contributed by atoms with Gasteiger partial charge >= 0.3 is 18.3 Å². The summed E-state index contributed by atoms with van der Waals surface area (Å²) in [6.07, 6.45) is 0. The Labute approximate surface area is 124 Å². The summed E-state index contributed by atoms with van der Waals surface area (Å²) in [7, 11) is -4.21. The highest BCUT2D eigenvalue weighted by Crippen LogP contribution is 2.11. The van der Waals surface area contributed by atoms with E-state index in [-0.39, 0.29) is 12.1 Å². The Morgan fingerprint density at radius 2 is 0.950 bits per heavy atom. The summed E-state index contributed by atoms with van der Waals surface area (Å²) in [5.74, 6) is 0. The first kappa shape index (κ1) is 28.0. The summed E-state index contributed by atoms with van der Waals surface area (Å²) in [4.78, 5) is 0. The van der Waals surface area contributed by atoms with E-state index < -0.39 is 18.3 Å². The molecular formula is C10H28O8Si2. The van der Waals surface area contributed by atoms with E-state index in [1.807, 2.05) is 27.7 Å². The molecule has 8 nitrogen and oxygen atoms in total. The van der Waals surface area contributed by atoms with Gasteiger partial charge in [0.2, 0.25) is 0 Å². The molecule has 0 rings (SSSR count). The summed E-state index contributed by atoms with van der Waals surface area (Å²) in [5, 5.41) is 7.57. The third-order valence-corrected chi connectivity index (χ3v) is 3.85. The number of hydrogen-bond donors (Lipinski definition) is 1. The fourth-order valence-electron chi connectivity index (χ4n) is 0.957. The lowest BCUT2D eigenvalue weighted by molar-refractivity contribution is -0.0247. The number of hydrogen-bond acceptors (Lipinski definition) is 7. The predicted molar refractivity (Wildman–Crippen MR) is 75.8 cm³/mol. The summed E-state index contributed by atoms with van der Waals surface area (Å²) in [6.45, 7) is 11.7. The van der Waals surface area contributed by atoms with Crippen molar-refractivity contribution >= 4 is 18.3 Å². The van der Waals surface area contributed by atoms with Crippen LogP contribution in [0.3, 0.4) is 0 Å². The van der Waals surface area contributed by atoms with Crippen LogP contribution in [0.1, 0.15) is 34.6 Å². The van der Waals surface area contributed by atoms with Crippen LogP contribution in [-0.4, -0.2) is 62.0 Å². The first-order valence-electron chi connectivity index (χ1n) is 6.23. The van der Waals surface area contributed by atoms with Crippen LogP contribution in [0.25, 0.3) is 0 Å². The van der Waals surface area contributed by atoms with Gasteiger partial charge in [0.1, 0.15) is 0 Å². The molecule has 0 heterocycles. The molecule has 124 valence electrons. The molecule has 0 aromatic rings. The van der Waals surface area contributed by atoms with Crippen LogP contribution in [0.5, 0.6) is 0 Å². The first-order valence-corrected chi connectivity index (χ1v) is 8.68. The monoisotopic (exact) mass is 332 g/mol. The van der Waals surface area contributed by atoms with Gasteiger partial charge in [-0.25, -0.2) is 0 Å². The predicted octanol–water partition coefficient (Wildman–Crippen LogP) is 0.124. The Hall–Kier alpha value is -0.206. The van der Waals surface area contributed by atoms with Crippen molar-refractivity contribution in [3.05, 3.63) is 0 Å². The first-order chi connectivity index (χ1) is 9.07. The van der Waals surface area contributed by atoms with Crippen molar-refractivity contribution in [3.8, 4) is 0 Å². The molecule has 0 unspecified atom stereocenters. The van der Waals surface area contributed by atoms with Gasteiger partial charge in [-0.15, -0.1) is 0 Å². The molecule has 0 saturated heterocycles. The Bertz CT molecular complexity index is 170. The van der Waals surface area contributed by atoms with E-state index >= 15 is 0 Å². The van der Waals surface area contributed by atoms with Crippen molar-refractivity contribution in [2.75, 3.05) is 33.0 Å². The molecule has 0 saturated carbocycles. The van der Waals surface area contributed by atoms with E-state index in [0.29, 0.717) is 26.4 Å². The Kier molecular flexibility index (Phi) is 33.4. The lowest BCUT2D eigenvalue weighted by atomic mass is 10.9. The van der Waals surface area contributed by atoms with Crippen LogP contribution in [-0.2, 0) is 26.6 Å². The third-order valence-electron chi connectivity index (χ3n) is 1.28. The molecule has 0 fully saturated rings. The van der Waals surface area contributed by atoms with Gasteiger partial charge in [-0.05, 0) is 34.6 Å². The van der Waals surface area contributed by atoms with E-state index in [2.05, 4.69) is 0 Å². The van der Waals surface area contributed by atoms with Crippen LogP contribution >= 0.6 is 0 Å². The average molecular weight is 332 g/mol. The van der Waals surface area contributed by atoms with Gasteiger partial charge in [0, 0.05) is 33.0 Å². The maximum Gasteiger partial charge on any atom is 0.679 e.